The molecule has 1 N–H and O–H groups in total. The molecule has 88 valence electrons. The molecule has 0 spiro atoms. The van der Waals surface area contributed by atoms with Crippen LogP contribution in [0.2, 0.25) is 0 Å². The van der Waals surface area contributed by atoms with E-state index >= 15 is 0 Å². The highest BCUT2D eigenvalue weighted by Crippen LogP contribution is 2.36. The molecule has 1 saturated heterocycles. The van der Waals surface area contributed by atoms with Crippen LogP contribution in [0.25, 0.3) is 0 Å². The minimum atomic E-state index is 0.369. The van der Waals surface area contributed by atoms with Gasteiger partial charge in [0.2, 0.25) is 5.89 Å². The van der Waals surface area contributed by atoms with Crippen LogP contribution in [0.3, 0.4) is 0 Å². The zero-order valence-corrected chi connectivity index (χ0v) is 9.96. The predicted molar refractivity (Wildman–Crippen MR) is 62.4 cm³/mol. The summed E-state index contributed by atoms with van der Waals surface area (Å²) >= 11 is 0. The molecule has 0 bridgehead atoms. The van der Waals surface area contributed by atoms with Crippen molar-refractivity contribution in [2.75, 3.05) is 6.54 Å². The van der Waals surface area contributed by atoms with Gasteiger partial charge in [-0.05, 0) is 39.2 Å². The van der Waals surface area contributed by atoms with Gasteiger partial charge in [0.25, 0.3) is 0 Å². The largest absolute Gasteiger partial charge is 0.444 e. The van der Waals surface area contributed by atoms with Crippen LogP contribution >= 0.6 is 0 Å². The molecule has 1 aliphatic carbocycles. The predicted octanol–water partition coefficient (Wildman–Crippen LogP) is 3.07. The third kappa shape index (κ3) is 1.77. The fourth-order valence-electron chi connectivity index (χ4n) is 3.05. The van der Waals surface area contributed by atoms with E-state index in [1.54, 1.807) is 0 Å². The molecule has 3 heteroatoms. The summed E-state index contributed by atoms with van der Waals surface area (Å²) in [5, 5.41) is 3.45. The molecule has 0 aromatic carbocycles. The highest BCUT2D eigenvalue weighted by molar-refractivity contribution is 5.16. The summed E-state index contributed by atoms with van der Waals surface area (Å²) in [5.74, 6) is 2.64. The van der Waals surface area contributed by atoms with E-state index in [1.165, 1.54) is 44.2 Å². The Morgan fingerprint density at radius 1 is 1.19 bits per heavy atom. The second-order valence-corrected chi connectivity index (χ2v) is 5.12. The van der Waals surface area contributed by atoms with Gasteiger partial charge < -0.3 is 9.73 Å². The van der Waals surface area contributed by atoms with Crippen LogP contribution in [0.4, 0.5) is 0 Å². The molecule has 2 fully saturated rings. The zero-order chi connectivity index (χ0) is 11.0. The Hall–Kier alpha value is -0.830. The van der Waals surface area contributed by atoms with Crippen LogP contribution < -0.4 is 5.32 Å². The van der Waals surface area contributed by atoms with E-state index in [0.717, 1.165) is 18.2 Å². The normalized spacial score (nSPS) is 26.7. The maximum absolute atomic E-state index is 5.84. The van der Waals surface area contributed by atoms with E-state index in [-0.39, 0.29) is 0 Å². The van der Waals surface area contributed by atoms with E-state index in [1.807, 2.05) is 0 Å². The summed E-state index contributed by atoms with van der Waals surface area (Å²) < 4.78 is 5.84. The van der Waals surface area contributed by atoms with Gasteiger partial charge in [0.1, 0.15) is 5.76 Å². The lowest BCUT2D eigenvalue weighted by Crippen LogP contribution is -2.13. The lowest BCUT2D eigenvalue weighted by atomic mass is 10.0. The first-order valence-electron chi connectivity index (χ1n) is 6.55. The van der Waals surface area contributed by atoms with Crippen molar-refractivity contribution in [1.82, 2.24) is 10.3 Å². The van der Waals surface area contributed by atoms with Gasteiger partial charge in [0, 0.05) is 5.92 Å². The minimum absolute atomic E-state index is 0.369. The quantitative estimate of drug-likeness (QED) is 0.832. The first-order valence-corrected chi connectivity index (χ1v) is 6.55. The molecule has 1 unspecified atom stereocenters. The summed E-state index contributed by atoms with van der Waals surface area (Å²) in [6.45, 7) is 3.17. The summed E-state index contributed by atoms with van der Waals surface area (Å²) in [5.41, 5.74) is 1.24. The molecule has 0 radical (unpaired) electrons. The fourth-order valence-corrected chi connectivity index (χ4v) is 3.05. The molecular formula is C13H20N2O. The van der Waals surface area contributed by atoms with Crippen molar-refractivity contribution in [2.24, 2.45) is 0 Å². The van der Waals surface area contributed by atoms with E-state index in [9.17, 15) is 0 Å². The molecule has 16 heavy (non-hydrogen) atoms. The van der Waals surface area contributed by atoms with Gasteiger partial charge in [-0.25, -0.2) is 4.98 Å². The third-order valence-corrected chi connectivity index (χ3v) is 3.95. The molecule has 1 aliphatic heterocycles. The Morgan fingerprint density at radius 2 is 2.00 bits per heavy atom. The number of rotatable bonds is 2. The van der Waals surface area contributed by atoms with Crippen LogP contribution in [0, 0.1) is 6.92 Å². The standard InChI is InChI=1S/C13H20N2O/c1-9-12(10-5-2-3-6-10)15-13(16-9)11-7-4-8-14-11/h10-11,14H,2-8H2,1H3. The Balaban J connectivity index is 1.83. The molecule has 1 aromatic heterocycles. The van der Waals surface area contributed by atoms with Crippen molar-refractivity contribution in [3.05, 3.63) is 17.3 Å². The number of aryl methyl sites for hydroxylation is 1. The van der Waals surface area contributed by atoms with Gasteiger partial charge in [-0.3, -0.25) is 0 Å². The van der Waals surface area contributed by atoms with E-state index in [4.69, 9.17) is 9.40 Å². The molecule has 2 aliphatic rings. The second-order valence-electron chi connectivity index (χ2n) is 5.12. The van der Waals surface area contributed by atoms with Gasteiger partial charge in [0.15, 0.2) is 0 Å². The van der Waals surface area contributed by atoms with Crippen molar-refractivity contribution in [3.8, 4) is 0 Å². The zero-order valence-electron chi connectivity index (χ0n) is 9.96. The van der Waals surface area contributed by atoms with Crippen molar-refractivity contribution in [2.45, 2.75) is 57.4 Å². The SMILES string of the molecule is Cc1oc(C2CCCN2)nc1C1CCCC1. The van der Waals surface area contributed by atoms with Gasteiger partial charge in [-0.1, -0.05) is 12.8 Å². The third-order valence-electron chi connectivity index (χ3n) is 3.95. The Bertz CT molecular complexity index is 360. The van der Waals surface area contributed by atoms with Crippen molar-refractivity contribution < 1.29 is 4.42 Å². The summed E-state index contributed by atoms with van der Waals surface area (Å²) in [6.07, 6.45) is 7.71. The molecule has 1 saturated carbocycles. The van der Waals surface area contributed by atoms with Crippen molar-refractivity contribution in [3.63, 3.8) is 0 Å². The average Bonchev–Trinajstić information content (AvgIpc) is 2.97. The maximum atomic E-state index is 5.84. The smallest absolute Gasteiger partial charge is 0.211 e. The number of nitrogens with one attached hydrogen (secondary N) is 1. The first-order chi connectivity index (χ1) is 7.84. The topological polar surface area (TPSA) is 38.1 Å². The van der Waals surface area contributed by atoms with Gasteiger partial charge in [-0.15, -0.1) is 0 Å². The molecule has 3 rings (SSSR count). The molecular weight excluding hydrogens is 200 g/mol. The summed E-state index contributed by atoms with van der Waals surface area (Å²) in [7, 11) is 0. The number of nitrogens with zero attached hydrogens (tertiary/aromatic N) is 1. The van der Waals surface area contributed by atoms with Crippen LogP contribution in [0.15, 0.2) is 4.42 Å². The molecule has 0 amide bonds. The Kier molecular flexibility index (Phi) is 2.72. The fraction of sp³-hybridized carbons (Fsp3) is 0.769. The van der Waals surface area contributed by atoms with E-state index in [2.05, 4.69) is 12.2 Å². The van der Waals surface area contributed by atoms with Crippen LogP contribution in [-0.4, -0.2) is 11.5 Å². The summed E-state index contributed by atoms with van der Waals surface area (Å²) in [6, 6.07) is 0.369. The van der Waals surface area contributed by atoms with Crippen molar-refractivity contribution in [1.29, 1.82) is 0 Å². The Morgan fingerprint density at radius 3 is 2.69 bits per heavy atom. The van der Waals surface area contributed by atoms with Gasteiger partial charge in [-0.2, -0.15) is 0 Å². The van der Waals surface area contributed by atoms with Crippen LogP contribution in [0.1, 0.15) is 67.8 Å². The number of aromatic nitrogens is 1. The lowest BCUT2D eigenvalue weighted by molar-refractivity contribution is 0.414. The van der Waals surface area contributed by atoms with Crippen molar-refractivity contribution >= 4 is 0 Å². The number of hydrogen-bond acceptors (Lipinski definition) is 3. The van der Waals surface area contributed by atoms with Crippen LogP contribution in [-0.2, 0) is 0 Å². The van der Waals surface area contributed by atoms with Gasteiger partial charge in [0.05, 0.1) is 11.7 Å². The monoisotopic (exact) mass is 220 g/mol. The highest BCUT2D eigenvalue weighted by Gasteiger charge is 2.27. The molecule has 1 atom stereocenters. The minimum Gasteiger partial charge on any atom is -0.444 e. The van der Waals surface area contributed by atoms with Crippen LogP contribution in [0.5, 0.6) is 0 Å². The number of hydrogen-bond donors (Lipinski definition) is 1. The number of oxazole rings is 1. The Labute approximate surface area is 96.6 Å². The maximum Gasteiger partial charge on any atom is 0.211 e. The molecule has 3 nitrogen and oxygen atoms in total. The highest BCUT2D eigenvalue weighted by atomic mass is 16.4. The van der Waals surface area contributed by atoms with E-state index < -0.39 is 0 Å². The average molecular weight is 220 g/mol. The molecule has 1 aromatic rings. The summed E-state index contributed by atoms with van der Waals surface area (Å²) in [4.78, 5) is 4.74. The first kappa shape index (κ1) is 10.3. The second kappa shape index (κ2) is 4.21. The lowest BCUT2D eigenvalue weighted by Gasteiger charge is -2.05. The van der Waals surface area contributed by atoms with E-state index in [0.29, 0.717) is 12.0 Å². The molecule has 2 heterocycles. The van der Waals surface area contributed by atoms with Gasteiger partial charge >= 0.3 is 0 Å².